The minimum Gasteiger partial charge on any atom is -0.354 e. The quantitative estimate of drug-likeness (QED) is 0.899. The molecule has 1 heterocycles. The first kappa shape index (κ1) is 10.8. The zero-order valence-corrected chi connectivity index (χ0v) is 10.3. The van der Waals surface area contributed by atoms with E-state index in [0.717, 1.165) is 16.2 Å². The molecule has 1 atom stereocenters. The maximum absolute atomic E-state index is 5.80. The van der Waals surface area contributed by atoms with Gasteiger partial charge in [0.05, 0.1) is 4.47 Å². The van der Waals surface area contributed by atoms with E-state index in [9.17, 15) is 0 Å². The van der Waals surface area contributed by atoms with E-state index in [1.165, 1.54) is 12.8 Å². The molecule has 0 amide bonds. The summed E-state index contributed by atoms with van der Waals surface area (Å²) in [5, 5.41) is 0. The zero-order chi connectivity index (χ0) is 10.8. The van der Waals surface area contributed by atoms with E-state index in [0.29, 0.717) is 12.6 Å². The first-order valence-electron chi connectivity index (χ1n) is 5.12. The summed E-state index contributed by atoms with van der Waals surface area (Å²) in [6.07, 6.45) is 5.90. The fraction of sp³-hybridized carbons (Fsp3) is 0.600. The van der Waals surface area contributed by atoms with Crippen molar-refractivity contribution in [2.24, 2.45) is 11.7 Å². The van der Waals surface area contributed by atoms with Crippen LogP contribution in [0.1, 0.15) is 12.8 Å². The van der Waals surface area contributed by atoms with Gasteiger partial charge in [-0.25, -0.2) is 9.97 Å². The minimum atomic E-state index is 0.399. The molecule has 4 nitrogen and oxygen atoms in total. The SMILES string of the molecule is CN(c1ncncc1Br)C(CN)C1CC1. The monoisotopic (exact) mass is 270 g/mol. The van der Waals surface area contributed by atoms with Gasteiger partial charge in [0.25, 0.3) is 0 Å². The van der Waals surface area contributed by atoms with Crippen LogP contribution >= 0.6 is 15.9 Å². The van der Waals surface area contributed by atoms with Crippen molar-refractivity contribution in [1.29, 1.82) is 0 Å². The molecule has 0 radical (unpaired) electrons. The second-order valence-corrected chi connectivity index (χ2v) is 4.80. The highest BCUT2D eigenvalue weighted by atomic mass is 79.9. The number of nitrogens with zero attached hydrogens (tertiary/aromatic N) is 3. The second-order valence-electron chi connectivity index (χ2n) is 3.95. The Morgan fingerprint density at radius 1 is 1.67 bits per heavy atom. The normalized spacial score (nSPS) is 17.5. The summed E-state index contributed by atoms with van der Waals surface area (Å²) < 4.78 is 0.923. The molecule has 1 fully saturated rings. The van der Waals surface area contributed by atoms with Crippen LogP contribution in [-0.4, -0.2) is 29.6 Å². The highest BCUT2D eigenvalue weighted by molar-refractivity contribution is 9.10. The molecular formula is C10H15BrN4. The van der Waals surface area contributed by atoms with Gasteiger partial charge < -0.3 is 10.6 Å². The summed E-state index contributed by atoms with van der Waals surface area (Å²) in [6, 6.07) is 0.399. The molecule has 0 aromatic carbocycles. The lowest BCUT2D eigenvalue weighted by Gasteiger charge is -2.28. The van der Waals surface area contributed by atoms with E-state index in [1.54, 1.807) is 12.5 Å². The Balaban J connectivity index is 2.18. The van der Waals surface area contributed by atoms with E-state index in [2.05, 4.69) is 30.8 Å². The third-order valence-corrected chi connectivity index (χ3v) is 3.45. The highest BCUT2D eigenvalue weighted by Crippen LogP contribution is 2.36. The van der Waals surface area contributed by atoms with Crippen molar-refractivity contribution in [2.75, 3.05) is 18.5 Å². The molecule has 2 N–H and O–H groups in total. The largest absolute Gasteiger partial charge is 0.354 e. The Hall–Kier alpha value is -0.680. The average molecular weight is 271 g/mol. The van der Waals surface area contributed by atoms with Crippen LogP contribution in [0.5, 0.6) is 0 Å². The van der Waals surface area contributed by atoms with Crippen molar-refractivity contribution >= 4 is 21.7 Å². The van der Waals surface area contributed by atoms with Crippen LogP contribution in [0, 0.1) is 5.92 Å². The lowest BCUT2D eigenvalue weighted by Crippen LogP contribution is -2.40. The number of nitrogens with two attached hydrogens (primary N) is 1. The van der Waals surface area contributed by atoms with Crippen molar-refractivity contribution in [3.8, 4) is 0 Å². The van der Waals surface area contributed by atoms with Crippen LogP contribution in [0.4, 0.5) is 5.82 Å². The Labute approximate surface area is 98.0 Å². The average Bonchev–Trinajstić information content (AvgIpc) is 3.03. The van der Waals surface area contributed by atoms with Gasteiger partial charge in [-0.1, -0.05) is 0 Å². The fourth-order valence-corrected chi connectivity index (χ4v) is 2.37. The Kier molecular flexibility index (Phi) is 3.21. The molecule has 1 saturated carbocycles. The molecule has 0 bridgehead atoms. The van der Waals surface area contributed by atoms with Gasteiger partial charge >= 0.3 is 0 Å². The number of hydrogen-bond acceptors (Lipinski definition) is 4. The highest BCUT2D eigenvalue weighted by Gasteiger charge is 2.33. The number of hydrogen-bond donors (Lipinski definition) is 1. The second kappa shape index (κ2) is 4.45. The molecule has 15 heavy (non-hydrogen) atoms. The standard InChI is InChI=1S/C10H15BrN4/c1-15(9(4-12)7-2-3-7)10-8(11)5-13-6-14-10/h5-7,9H,2-4,12H2,1H3. The molecule has 2 rings (SSSR count). The van der Waals surface area contributed by atoms with Crippen molar-refractivity contribution in [3.63, 3.8) is 0 Å². The van der Waals surface area contributed by atoms with E-state index in [1.807, 2.05) is 7.05 Å². The predicted molar refractivity (Wildman–Crippen MR) is 63.7 cm³/mol. The van der Waals surface area contributed by atoms with Gasteiger partial charge in [-0.2, -0.15) is 0 Å². The molecule has 1 aliphatic carbocycles. The van der Waals surface area contributed by atoms with Gasteiger partial charge in [0.15, 0.2) is 0 Å². The summed E-state index contributed by atoms with van der Waals surface area (Å²) in [7, 11) is 2.04. The lowest BCUT2D eigenvalue weighted by molar-refractivity contribution is 0.565. The predicted octanol–water partition coefficient (Wildman–Crippen LogP) is 1.41. The zero-order valence-electron chi connectivity index (χ0n) is 8.73. The van der Waals surface area contributed by atoms with Crippen LogP contribution in [0.3, 0.4) is 0 Å². The van der Waals surface area contributed by atoms with Crippen molar-refractivity contribution < 1.29 is 0 Å². The summed E-state index contributed by atoms with van der Waals surface area (Å²) >= 11 is 3.46. The summed E-state index contributed by atoms with van der Waals surface area (Å²) in [5.41, 5.74) is 5.80. The Morgan fingerprint density at radius 3 is 2.93 bits per heavy atom. The van der Waals surface area contributed by atoms with E-state index >= 15 is 0 Å². The first-order chi connectivity index (χ1) is 7.24. The maximum atomic E-state index is 5.80. The third kappa shape index (κ3) is 2.29. The van der Waals surface area contributed by atoms with Crippen molar-refractivity contribution in [3.05, 3.63) is 17.0 Å². The molecule has 1 unspecified atom stereocenters. The van der Waals surface area contributed by atoms with E-state index in [-0.39, 0.29) is 0 Å². The molecule has 0 spiro atoms. The number of halogens is 1. The number of anilines is 1. The lowest BCUT2D eigenvalue weighted by atomic mass is 10.1. The maximum Gasteiger partial charge on any atom is 0.146 e. The van der Waals surface area contributed by atoms with Crippen molar-refractivity contribution in [2.45, 2.75) is 18.9 Å². The Morgan fingerprint density at radius 2 is 2.40 bits per heavy atom. The first-order valence-corrected chi connectivity index (χ1v) is 5.91. The summed E-state index contributed by atoms with van der Waals surface area (Å²) in [4.78, 5) is 10.4. The van der Waals surface area contributed by atoms with E-state index < -0.39 is 0 Å². The fourth-order valence-electron chi connectivity index (χ4n) is 1.87. The molecule has 5 heteroatoms. The van der Waals surface area contributed by atoms with Crippen LogP contribution in [0.25, 0.3) is 0 Å². The molecule has 1 aliphatic rings. The van der Waals surface area contributed by atoms with Gasteiger partial charge in [-0.3, -0.25) is 0 Å². The molecule has 1 aromatic rings. The van der Waals surface area contributed by atoms with Crippen LogP contribution in [0.2, 0.25) is 0 Å². The molecule has 0 saturated heterocycles. The van der Waals surface area contributed by atoms with Gasteiger partial charge in [0, 0.05) is 25.8 Å². The third-order valence-electron chi connectivity index (χ3n) is 2.89. The number of rotatable bonds is 4. The van der Waals surface area contributed by atoms with Crippen molar-refractivity contribution in [1.82, 2.24) is 9.97 Å². The smallest absolute Gasteiger partial charge is 0.146 e. The topological polar surface area (TPSA) is 55.0 Å². The number of likely N-dealkylation sites (N-methyl/N-ethyl adjacent to an activating group) is 1. The number of aromatic nitrogens is 2. The van der Waals surface area contributed by atoms with Gasteiger partial charge in [0.2, 0.25) is 0 Å². The van der Waals surface area contributed by atoms with Gasteiger partial charge in [-0.05, 0) is 34.7 Å². The molecule has 82 valence electrons. The van der Waals surface area contributed by atoms with Crippen LogP contribution in [-0.2, 0) is 0 Å². The minimum absolute atomic E-state index is 0.399. The van der Waals surface area contributed by atoms with Gasteiger partial charge in [0.1, 0.15) is 12.1 Å². The van der Waals surface area contributed by atoms with Crippen LogP contribution < -0.4 is 10.6 Å². The molecular weight excluding hydrogens is 256 g/mol. The summed E-state index contributed by atoms with van der Waals surface area (Å²) in [6.45, 7) is 0.678. The Bertz CT molecular complexity index is 340. The van der Waals surface area contributed by atoms with E-state index in [4.69, 9.17) is 5.73 Å². The molecule has 0 aliphatic heterocycles. The van der Waals surface area contributed by atoms with Gasteiger partial charge in [-0.15, -0.1) is 0 Å². The summed E-state index contributed by atoms with van der Waals surface area (Å²) in [5.74, 6) is 1.66. The van der Waals surface area contributed by atoms with Crippen LogP contribution in [0.15, 0.2) is 17.0 Å². The molecule has 1 aromatic heterocycles.